The molecule has 0 unspecified atom stereocenters. The summed E-state index contributed by atoms with van der Waals surface area (Å²) in [6.07, 6.45) is 7.16. The molecule has 236 valence electrons. The lowest BCUT2D eigenvalue weighted by Gasteiger charge is -2.38. The number of ether oxygens (including phenoxy) is 1. The number of piperidine rings is 1. The topological polar surface area (TPSA) is 160 Å². The number of likely N-dealkylation sites (tertiary alicyclic amines) is 1. The van der Waals surface area contributed by atoms with Crippen LogP contribution in [0.15, 0.2) is 48.8 Å². The summed E-state index contributed by atoms with van der Waals surface area (Å²) in [5.74, 6) is -2.39. The second kappa shape index (κ2) is 14.4. The summed E-state index contributed by atoms with van der Waals surface area (Å²) in [5.41, 5.74) is 5.51. The van der Waals surface area contributed by atoms with Crippen molar-refractivity contribution in [2.24, 2.45) is 5.73 Å². The van der Waals surface area contributed by atoms with Gasteiger partial charge in [-0.3, -0.25) is 19.4 Å². The zero-order valence-electron chi connectivity index (χ0n) is 24.4. The van der Waals surface area contributed by atoms with Crippen LogP contribution in [0.2, 0.25) is 0 Å². The molecule has 3 aromatic rings. The molecule has 0 saturated carbocycles. The van der Waals surface area contributed by atoms with Crippen molar-refractivity contribution in [1.29, 1.82) is 0 Å². The van der Waals surface area contributed by atoms with Gasteiger partial charge in [0, 0.05) is 44.0 Å². The van der Waals surface area contributed by atoms with Gasteiger partial charge in [0.05, 0.1) is 35.6 Å². The summed E-state index contributed by atoms with van der Waals surface area (Å²) >= 11 is 0. The highest BCUT2D eigenvalue weighted by molar-refractivity contribution is 7.92. The number of carbonyl (C=O) groups excluding carboxylic acids is 2. The molecule has 2 aromatic carbocycles. The van der Waals surface area contributed by atoms with Crippen LogP contribution in [0.1, 0.15) is 48.7 Å². The number of sulfonamides is 1. The number of benzene rings is 2. The van der Waals surface area contributed by atoms with E-state index in [1.807, 2.05) is 6.92 Å². The molecular formula is C29H35F2N7O5S. The summed E-state index contributed by atoms with van der Waals surface area (Å²) < 4.78 is 59.1. The molecule has 15 heteroatoms. The first-order valence-corrected chi connectivity index (χ1v) is 16.0. The summed E-state index contributed by atoms with van der Waals surface area (Å²) in [5, 5.41) is 2.49. The first-order valence-electron chi connectivity index (χ1n) is 14.1. The van der Waals surface area contributed by atoms with Crippen molar-refractivity contribution in [2.75, 3.05) is 35.9 Å². The van der Waals surface area contributed by atoms with E-state index in [9.17, 15) is 26.8 Å². The Balaban J connectivity index is 1.31. The first kappa shape index (κ1) is 32.5. The van der Waals surface area contributed by atoms with Gasteiger partial charge in [-0.1, -0.05) is 13.3 Å². The molecule has 1 aromatic heterocycles. The Bertz CT molecular complexity index is 1570. The number of amides is 3. The minimum atomic E-state index is -3.37. The lowest BCUT2D eigenvalue weighted by atomic mass is 10.0. The fourth-order valence-electron chi connectivity index (χ4n) is 4.82. The monoisotopic (exact) mass is 631 g/mol. The molecule has 44 heavy (non-hydrogen) atoms. The summed E-state index contributed by atoms with van der Waals surface area (Å²) in [7, 11) is -3.37. The number of aromatic nitrogens is 2. The minimum Gasteiger partial charge on any atom is -0.438 e. The van der Waals surface area contributed by atoms with Crippen LogP contribution >= 0.6 is 0 Å². The Morgan fingerprint density at radius 2 is 1.80 bits per heavy atom. The number of halogens is 2. The number of urea groups is 1. The Hall–Kier alpha value is -4.37. The predicted molar refractivity (Wildman–Crippen MR) is 161 cm³/mol. The Kier molecular flexibility index (Phi) is 10.7. The Morgan fingerprint density at radius 3 is 2.39 bits per heavy atom. The summed E-state index contributed by atoms with van der Waals surface area (Å²) in [4.78, 5) is 37.3. The van der Waals surface area contributed by atoms with E-state index in [0.29, 0.717) is 56.5 Å². The van der Waals surface area contributed by atoms with Gasteiger partial charge in [-0.25, -0.2) is 27.0 Å². The molecule has 2 heterocycles. The van der Waals surface area contributed by atoms with Gasteiger partial charge in [-0.2, -0.15) is 0 Å². The molecule has 4 N–H and O–H groups in total. The summed E-state index contributed by atoms with van der Waals surface area (Å²) in [6.45, 7) is 4.38. The zero-order chi connectivity index (χ0) is 31.9. The second-order valence-electron chi connectivity index (χ2n) is 10.5. The highest BCUT2D eigenvalue weighted by Gasteiger charge is 2.29. The third kappa shape index (κ3) is 9.07. The smallest absolute Gasteiger partial charge is 0.322 e. The number of carbonyl (C=O) groups is 2. The third-order valence-corrected chi connectivity index (χ3v) is 7.63. The number of primary amides is 1. The minimum absolute atomic E-state index is 0.0993. The fourth-order valence-corrected chi connectivity index (χ4v) is 5.38. The lowest BCUT2D eigenvalue weighted by Crippen LogP contribution is -2.49. The molecule has 0 bridgehead atoms. The van der Waals surface area contributed by atoms with Crippen LogP contribution < -0.4 is 20.5 Å². The SMILES string of the molecule is CCCCN(C(=O)Nc1cc(C(N)=O)c(F)cc1F)C1CCN(Cc2cnc(Oc3ccc(NS(C)(=O)=O)cc3)cn2)CC1. The maximum absolute atomic E-state index is 14.4. The molecule has 12 nitrogen and oxygen atoms in total. The van der Waals surface area contributed by atoms with Crippen LogP contribution in [0.3, 0.4) is 0 Å². The van der Waals surface area contributed by atoms with Crippen LogP contribution in [-0.4, -0.2) is 72.1 Å². The molecule has 1 aliphatic rings. The van der Waals surface area contributed by atoms with Crippen molar-refractivity contribution in [1.82, 2.24) is 19.8 Å². The molecule has 0 atom stereocenters. The van der Waals surface area contributed by atoms with Crippen LogP contribution in [0.25, 0.3) is 0 Å². The van der Waals surface area contributed by atoms with Crippen molar-refractivity contribution in [3.8, 4) is 11.6 Å². The zero-order valence-corrected chi connectivity index (χ0v) is 25.2. The van der Waals surface area contributed by atoms with Crippen LogP contribution in [0.4, 0.5) is 25.0 Å². The average molecular weight is 632 g/mol. The Morgan fingerprint density at radius 1 is 1.09 bits per heavy atom. The normalized spacial score (nSPS) is 14.2. The number of hydrogen-bond acceptors (Lipinski definition) is 8. The van der Waals surface area contributed by atoms with Crippen LogP contribution in [0, 0.1) is 11.6 Å². The van der Waals surface area contributed by atoms with Gasteiger partial charge in [0.1, 0.15) is 17.4 Å². The second-order valence-corrected chi connectivity index (χ2v) is 12.3. The van der Waals surface area contributed by atoms with Crippen molar-refractivity contribution in [3.63, 3.8) is 0 Å². The summed E-state index contributed by atoms with van der Waals surface area (Å²) in [6, 6.07) is 7.21. The molecule has 0 spiro atoms. The number of nitrogens with zero attached hydrogens (tertiary/aromatic N) is 4. The molecule has 1 aliphatic heterocycles. The maximum atomic E-state index is 14.4. The predicted octanol–water partition coefficient (Wildman–Crippen LogP) is 4.32. The van der Waals surface area contributed by atoms with Crippen LogP contribution in [-0.2, 0) is 16.6 Å². The molecule has 1 saturated heterocycles. The highest BCUT2D eigenvalue weighted by atomic mass is 32.2. The van der Waals surface area contributed by atoms with E-state index in [1.54, 1.807) is 35.4 Å². The number of unbranched alkanes of at least 4 members (excludes halogenated alkanes) is 1. The molecule has 4 rings (SSSR count). The van der Waals surface area contributed by atoms with E-state index in [0.717, 1.165) is 30.9 Å². The number of rotatable bonds is 12. The molecule has 1 fully saturated rings. The number of hydrogen-bond donors (Lipinski definition) is 3. The quantitative estimate of drug-likeness (QED) is 0.267. The van der Waals surface area contributed by atoms with Crippen molar-refractivity contribution >= 4 is 33.3 Å². The van der Waals surface area contributed by atoms with Gasteiger partial charge in [-0.15, -0.1) is 0 Å². The lowest BCUT2D eigenvalue weighted by molar-refractivity contribution is 0.0996. The van der Waals surface area contributed by atoms with E-state index in [2.05, 4.69) is 24.9 Å². The van der Waals surface area contributed by atoms with Gasteiger partial charge in [0.15, 0.2) is 0 Å². The van der Waals surface area contributed by atoms with Crippen molar-refractivity contribution < 1.29 is 31.5 Å². The Labute approximate surface area is 254 Å². The van der Waals surface area contributed by atoms with Gasteiger partial charge < -0.3 is 20.7 Å². The van der Waals surface area contributed by atoms with Gasteiger partial charge >= 0.3 is 6.03 Å². The average Bonchev–Trinajstić information content (AvgIpc) is 2.96. The number of nitrogens with two attached hydrogens (primary N) is 1. The standard InChI is InChI=1S/C29H35F2N7O5S/c1-3-4-11-38(29(40)35-26-14-23(28(32)39)24(30)15-25(26)31)21-9-12-37(13-10-21)18-20-16-34-27(17-33-20)43-22-7-5-19(6-8-22)36-44(2,41)42/h5-8,14-17,21,36H,3-4,9-13,18H2,1-2H3,(H2,32,39)(H,35,40). The first-order chi connectivity index (χ1) is 20.9. The van der Waals surface area contributed by atoms with E-state index in [1.165, 1.54) is 6.20 Å². The van der Waals surface area contributed by atoms with Gasteiger partial charge in [-0.05, 0) is 49.6 Å². The largest absolute Gasteiger partial charge is 0.438 e. The van der Waals surface area contributed by atoms with E-state index >= 15 is 0 Å². The third-order valence-electron chi connectivity index (χ3n) is 7.02. The number of anilines is 2. The number of nitrogens with one attached hydrogen (secondary N) is 2. The fraction of sp³-hybridized carbons (Fsp3) is 0.379. The molecule has 3 amide bonds. The van der Waals surface area contributed by atoms with E-state index < -0.39 is 39.2 Å². The van der Waals surface area contributed by atoms with Gasteiger partial charge in [0.2, 0.25) is 15.9 Å². The van der Waals surface area contributed by atoms with Gasteiger partial charge in [0.25, 0.3) is 5.91 Å². The van der Waals surface area contributed by atoms with E-state index in [-0.39, 0.29) is 17.6 Å². The van der Waals surface area contributed by atoms with Crippen LogP contribution in [0.5, 0.6) is 11.6 Å². The van der Waals surface area contributed by atoms with E-state index in [4.69, 9.17) is 10.5 Å². The van der Waals surface area contributed by atoms with Crippen molar-refractivity contribution in [3.05, 3.63) is 71.7 Å². The molecular weight excluding hydrogens is 596 g/mol. The molecule has 0 radical (unpaired) electrons. The maximum Gasteiger partial charge on any atom is 0.322 e. The molecule has 0 aliphatic carbocycles. The van der Waals surface area contributed by atoms with Crippen molar-refractivity contribution in [2.45, 2.75) is 45.2 Å². The highest BCUT2D eigenvalue weighted by Crippen LogP contribution is 2.24.